The summed E-state index contributed by atoms with van der Waals surface area (Å²) in [5, 5.41) is 13.9. The molecule has 1 fully saturated rings. The maximum atomic E-state index is 11.7. The highest BCUT2D eigenvalue weighted by Gasteiger charge is 2.18. The normalized spacial score (nSPS) is 14.2. The minimum atomic E-state index is -0.787. The largest absolute Gasteiger partial charge is 0.365 e. The molecule has 0 spiro atoms. The molecule has 10 heteroatoms. The van der Waals surface area contributed by atoms with Crippen molar-refractivity contribution in [1.29, 1.82) is 0 Å². The van der Waals surface area contributed by atoms with Crippen molar-refractivity contribution in [3.8, 4) is 0 Å². The summed E-state index contributed by atoms with van der Waals surface area (Å²) in [5.74, 6) is 0.407. The number of hydrogen-bond acceptors (Lipinski definition) is 8. The van der Waals surface area contributed by atoms with Gasteiger partial charge in [-0.05, 0) is 29.8 Å². The number of hydrogen-bond donors (Lipinski definition) is 2. The Kier molecular flexibility index (Phi) is 6.22. The molecule has 0 aliphatic carbocycles. The fourth-order valence-electron chi connectivity index (χ4n) is 3.61. The molecule has 4 rings (SSSR count). The molecule has 1 saturated heterocycles. The average molecular weight is 433 g/mol. The van der Waals surface area contributed by atoms with Crippen molar-refractivity contribution < 1.29 is 9.72 Å². The van der Waals surface area contributed by atoms with Crippen molar-refractivity contribution in [3.63, 3.8) is 0 Å². The summed E-state index contributed by atoms with van der Waals surface area (Å²) in [6.07, 6.45) is 2.91. The molecule has 32 heavy (non-hydrogen) atoms. The van der Waals surface area contributed by atoms with Crippen LogP contribution < -0.4 is 16.0 Å². The Bertz CT molecular complexity index is 1100. The van der Waals surface area contributed by atoms with Gasteiger partial charge < -0.3 is 16.0 Å². The lowest BCUT2D eigenvalue weighted by Crippen LogP contribution is -2.46. The third-order valence-electron chi connectivity index (χ3n) is 5.32. The first-order chi connectivity index (χ1) is 15.5. The van der Waals surface area contributed by atoms with Crippen LogP contribution in [0.4, 0.5) is 23.0 Å². The number of benzene rings is 1. The predicted octanol–water partition coefficient (Wildman–Crippen LogP) is 2.55. The highest BCUT2D eigenvalue weighted by molar-refractivity contribution is 5.98. The van der Waals surface area contributed by atoms with Crippen LogP contribution in [0.25, 0.3) is 0 Å². The molecular weight excluding hydrogens is 410 g/mol. The van der Waals surface area contributed by atoms with Gasteiger partial charge in [-0.25, -0.2) is 9.97 Å². The molecular formula is C22H23N7O3. The molecule has 0 saturated carbocycles. The van der Waals surface area contributed by atoms with E-state index in [-0.39, 0.29) is 17.1 Å². The number of carbonyl (C=O) groups is 1. The molecule has 0 unspecified atom stereocenters. The number of rotatable bonds is 7. The summed E-state index contributed by atoms with van der Waals surface area (Å²) in [4.78, 5) is 35.1. The Balaban J connectivity index is 1.36. The van der Waals surface area contributed by atoms with E-state index in [0.29, 0.717) is 5.69 Å². The Labute approximate surface area is 184 Å². The summed E-state index contributed by atoms with van der Waals surface area (Å²) in [7, 11) is 0. The molecule has 1 aliphatic heterocycles. The molecule has 3 aromatic rings. The van der Waals surface area contributed by atoms with Gasteiger partial charge in [0, 0.05) is 50.7 Å². The highest BCUT2D eigenvalue weighted by atomic mass is 16.6. The first kappa shape index (κ1) is 21.2. The number of pyridine rings is 2. The topological polar surface area (TPSA) is 131 Å². The number of carbonyl (C=O) groups excluding carboxylic acids is 1. The Morgan fingerprint density at radius 1 is 1.09 bits per heavy atom. The van der Waals surface area contributed by atoms with Gasteiger partial charge in [-0.3, -0.25) is 19.8 Å². The maximum Gasteiger partial charge on any atom is 0.288 e. The van der Waals surface area contributed by atoms with E-state index < -0.39 is 10.8 Å². The van der Waals surface area contributed by atoms with Crippen molar-refractivity contribution in [3.05, 3.63) is 82.2 Å². The Morgan fingerprint density at radius 2 is 1.84 bits per heavy atom. The smallest absolute Gasteiger partial charge is 0.288 e. The van der Waals surface area contributed by atoms with Gasteiger partial charge in [0.05, 0.1) is 10.5 Å². The van der Waals surface area contributed by atoms with Crippen molar-refractivity contribution in [2.75, 3.05) is 36.4 Å². The van der Waals surface area contributed by atoms with Gasteiger partial charge in [-0.15, -0.1) is 0 Å². The van der Waals surface area contributed by atoms with Gasteiger partial charge in [0.1, 0.15) is 17.8 Å². The number of anilines is 3. The quantitative estimate of drug-likeness (QED) is 0.429. The van der Waals surface area contributed by atoms with Gasteiger partial charge in [-0.2, -0.15) is 0 Å². The number of aromatic nitrogens is 2. The molecule has 0 bridgehead atoms. The van der Waals surface area contributed by atoms with E-state index in [1.165, 1.54) is 0 Å². The second kappa shape index (κ2) is 9.40. The van der Waals surface area contributed by atoms with Crippen LogP contribution in [0.2, 0.25) is 0 Å². The number of nitro groups is 1. The molecule has 0 atom stereocenters. The molecule has 1 aromatic carbocycles. The lowest BCUT2D eigenvalue weighted by atomic mass is 10.1. The van der Waals surface area contributed by atoms with E-state index >= 15 is 0 Å². The summed E-state index contributed by atoms with van der Waals surface area (Å²) in [5.41, 5.74) is 6.90. The van der Waals surface area contributed by atoms with Gasteiger partial charge in [0.25, 0.3) is 11.6 Å². The zero-order chi connectivity index (χ0) is 22.5. The van der Waals surface area contributed by atoms with Gasteiger partial charge in [0.15, 0.2) is 0 Å². The molecule has 164 valence electrons. The lowest BCUT2D eigenvalue weighted by Gasteiger charge is -2.35. The monoisotopic (exact) mass is 433 g/mol. The summed E-state index contributed by atoms with van der Waals surface area (Å²) >= 11 is 0. The zero-order valence-electron chi connectivity index (χ0n) is 17.3. The molecule has 2 aromatic heterocycles. The van der Waals surface area contributed by atoms with E-state index in [1.807, 2.05) is 48.7 Å². The van der Waals surface area contributed by atoms with E-state index in [1.54, 1.807) is 0 Å². The minimum Gasteiger partial charge on any atom is -0.365 e. The van der Waals surface area contributed by atoms with Crippen molar-refractivity contribution >= 4 is 28.9 Å². The maximum absolute atomic E-state index is 11.7. The van der Waals surface area contributed by atoms with Crippen LogP contribution in [-0.4, -0.2) is 51.9 Å². The summed E-state index contributed by atoms with van der Waals surface area (Å²) < 4.78 is 0. The summed E-state index contributed by atoms with van der Waals surface area (Å²) in [6, 6.07) is 14.8. The van der Waals surface area contributed by atoms with Crippen LogP contribution in [0, 0.1) is 10.1 Å². The fraction of sp³-hybridized carbons (Fsp3) is 0.227. The number of amides is 1. The minimum absolute atomic E-state index is 0.0333. The van der Waals surface area contributed by atoms with E-state index in [9.17, 15) is 14.9 Å². The number of nitrogens with two attached hydrogens (primary N) is 1. The van der Waals surface area contributed by atoms with Gasteiger partial charge in [0.2, 0.25) is 0 Å². The third-order valence-corrected chi connectivity index (χ3v) is 5.32. The lowest BCUT2D eigenvalue weighted by molar-refractivity contribution is -0.385. The molecule has 3 N–H and O–H groups in total. The van der Waals surface area contributed by atoms with Crippen molar-refractivity contribution in [2.24, 2.45) is 5.73 Å². The molecule has 1 aliphatic rings. The molecule has 10 nitrogen and oxygen atoms in total. The molecule has 0 radical (unpaired) electrons. The van der Waals surface area contributed by atoms with Crippen molar-refractivity contribution in [2.45, 2.75) is 6.54 Å². The standard InChI is InChI=1S/C22H23N7O3/c23-21(30)19-13-18(29(31)32)14-25-22(19)26-17-6-4-16(5-7-17)15-27-9-11-28(12-10-27)20-3-1-2-8-24-20/h1-8,13-14H,9-12,15H2,(H2,23,30)(H,25,26). The fourth-order valence-corrected chi connectivity index (χ4v) is 3.61. The highest BCUT2D eigenvalue weighted by Crippen LogP contribution is 2.23. The van der Waals surface area contributed by atoms with Crippen LogP contribution in [-0.2, 0) is 6.54 Å². The predicted molar refractivity (Wildman–Crippen MR) is 121 cm³/mol. The van der Waals surface area contributed by atoms with Crippen molar-refractivity contribution in [1.82, 2.24) is 14.9 Å². The van der Waals surface area contributed by atoms with Crippen LogP contribution in [0.3, 0.4) is 0 Å². The number of primary amides is 1. The zero-order valence-corrected chi connectivity index (χ0v) is 17.3. The Morgan fingerprint density at radius 3 is 2.47 bits per heavy atom. The third kappa shape index (κ3) is 4.98. The van der Waals surface area contributed by atoms with Crippen LogP contribution in [0.15, 0.2) is 60.9 Å². The van der Waals surface area contributed by atoms with Gasteiger partial charge in [-0.1, -0.05) is 18.2 Å². The molecule has 1 amide bonds. The van der Waals surface area contributed by atoms with Crippen LogP contribution in [0.1, 0.15) is 15.9 Å². The number of piperazine rings is 1. The number of nitrogens with zero attached hydrogens (tertiary/aromatic N) is 5. The first-order valence-corrected chi connectivity index (χ1v) is 10.2. The SMILES string of the molecule is NC(=O)c1cc([N+](=O)[O-])cnc1Nc1ccc(CN2CCN(c3ccccn3)CC2)cc1. The van der Waals surface area contributed by atoms with Crippen LogP contribution in [0.5, 0.6) is 0 Å². The van der Waals surface area contributed by atoms with E-state index in [2.05, 4.69) is 25.1 Å². The average Bonchev–Trinajstić information content (AvgIpc) is 2.81. The summed E-state index contributed by atoms with van der Waals surface area (Å²) in [6.45, 7) is 4.59. The first-order valence-electron chi connectivity index (χ1n) is 10.2. The van der Waals surface area contributed by atoms with E-state index in [4.69, 9.17) is 5.73 Å². The number of nitrogens with one attached hydrogen (secondary N) is 1. The van der Waals surface area contributed by atoms with Gasteiger partial charge >= 0.3 is 0 Å². The van der Waals surface area contributed by atoms with Crippen LogP contribution >= 0.6 is 0 Å². The second-order valence-corrected chi connectivity index (χ2v) is 7.48. The van der Waals surface area contributed by atoms with E-state index in [0.717, 1.165) is 56.4 Å². The Hall–Kier alpha value is -4.05. The second-order valence-electron chi connectivity index (χ2n) is 7.48. The molecule has 3 heterocycles.